The maximum Gasteiger partial charge on any atom is 0.264 e. The smallest absolute Gasteiger partial charge is 0.264 e. The first-order chi connectivity index (χ1) is 32.1. The van der Waals surface area contributed by atoms with Crippen molar-refractivity contribution in [2.45, 2.75) is 102 Å². The molecule has 5 heterocycles. The third-order valence-corrected chi connectivity index (χ3v) is 13.4. The summed E-state index contributed by atoms with van der Waals surface area (Å²) in [7, 11) is 3.61. The van der Waals surface area contributed by atoms with E-state index in [4.69, 9.17) is 21.3 Å². The van der Waals surface area contributed by atoms with Crippen LogP contribution in [0.2, 0.25) is 5.02 Å². The van der Waals surface area contributed by atoms with Gasteiger partial charge in [-0.15, -0.1) is 0 Å². The Morgan fingerprint density at radius 1 is 0.864 bits per heavy atom. The monoisotopic (exact) mass is 915 g/mol. The summed E-state index contributed by atoms with van der Waals surface area (Å²) in [5, 5.41) is 10.4. The number of anilines is 4. The van der Waals surface area contributed by atoms with Crippen molar-refractivity contribution in [3.8, 4) is 17.0 Å². The van der Waals surface area contributed by atoms with E-state index in [-0.39, 0.29) is 30.4 Å². The molecule has 1 atom stereocenters. The van der Waals surface area contributed by atoms with Crippen molar-refractivity contribution in [1.29, 1.82) is 0 Å². The molecule has 1 unspecified atom stereocenters. The lowest BCUT2D eigenvalue weighted by Crippen LogP contribution is -2.54. The van der Waals surface area contributed by atoms with Crippen LogP contribution in [-0.4, -0.2) is 100 Å². The summed E-state index contributed by atoms with van der Waals surface area (Å²) in [6, 6.07) is 18.5. The molecule has 3 aliphatic heterocycles. The average Bonchev–Trinajstić information content (AvgIpc) is 3.87. The number of piperidine rings is 2. The number of hydrogen-bond acceptors (Lipinski definition) is 11. The quantitative estimate of drug-likeness (QED) is 0.0432. The van der Waals surface area contributed by atoms with Crippen LogP contribution in [0.15, 0.2) is 73.1 Å². The lowest BCUT2D eigenvalue weighted by molar-refractivity contribution is -0.136. The van der Waals surface area contributed by atoms with Crippen LogP contribution in [0.4, 0.5) is 23.0 Å². The number of ether oxygens (including phenoxy) is 1. The minimum absolute atomic E-state index is 0.0887. The van der Waals surface area contributed by atoms with Gasteiger partial charge in [0.15, 0.2) is 0 Å². The second kappa shape index (κ2) is 21.2. The number of unbranched alkanes of at least 4 members (excludes halogenated alkanes) is 8. The number of rotatable bonds is 20. The largest absolute Gasteiger partial charge is 0.494 e. The average molecular weight is 917 g/mol. The Hall–Kier alpha value is -6.48. The molecule has 16 heteroatoms. The number of para-hydroxylation sites is 1. The molecule has 3 aromatic carbocycles. The number of amides is 5. The van der Waals surface area contributed by atoms with Crippen LogP contribution in [0.3, 0.4) is 0 Å². The molecule has 5 amide bonds. The SMILES string of the molecule is COc1cc(N2CCC(N(C)C(=O)CCCCCCCCCCCNc3cccc4c3C(=O)N(C3CCC(=O)NC3=O)C4=O)CC2)ccc1Nc1ncc(Cl)c(-c2c[nH]c3ccccc23)n1. The number of carbonyl (C=O) groups is 5. The maximum atomic E-state index is 13.3. The first-order valence-corrected chi connectivity index (χ1v) is 23.6. The first-order valence-electron chi connectivity index (χ1n) is 23.2. The van der Waals surface area contributed by atoms with Gasteiger partial charge in [-0.25, -0.2) is 9.97 Å². The molecular formula is C50H58ClN9O6. The molecule has 2 aromatic heterocycles. The van der Waals surface area contributed by atoms with Gasteiger partial charge in [0.05, 0.1) is 40.8 Å². The topological polar surface area (TPSA) is 182 Å². The third kappa shape index (κ3) is 10.3. The van der Waals surface area contributed by atoms with E-state index >= 15 is 0 Å². The van der Waals surface area contributed by atoms with Crippen molar-refractivity contribution in [1.82, 2.24) is 30.1 Å². The summed E-state index contributed by atoms with van der Waals surface area (Å²) < 4.78 is 5.80. The van der Waals surface area contributed by atoms with Crippen LogP contribution < -0.4 is 25.6 Å². The highest BCUT2D eigenvalue weighted by Crippen LogP contribution is 2.37. The molecule has 66 heavy (non-hydrogen) atoms. The van der Waals surface area contributed by atoms with Crippen LogP contribution >= 0.6 is 11.6 Å². The predicted molar refractivity (Wildman–Crippen MR) is 256 cm³/mol. The fourth-order valence-corrected chi connectivity index (χ4v) is 9.59. The van der Waals surface area contributed by atoms with E-state index in [2.05, 4.69) is 36.9 Å². The van der Waals surface area contributed by atoms with Crippen molar-refractivity contribution in [3.05, 3.63) is 89.2 Å². The Bertz CT molecular complexity index is 2590. The number of aromatic amines is 1. The summed E-state index contributed by atoms with van der Waals surface area (Å²) in [5.41, 5.74) is 5.51. The van der Waals surface area contributed by atoms with Crippen molar-refractivity contribution >= 4 is 75.1 Å². The highest BCUT2D eigenvalue weighted by molar-refractivity contribution is 6.33. The van der Waals surface area contributed by atoms with E-state index in [1.807, 2.05) is 54.5 Å². The molecule has 4 N–H and O–H groups in total. The van der Waals surface area contributed by atoms with E-state index in [0.717, 1.165) is 116 Å². The third-order valence-electron chi connectivity index (χ3n) is 13.1. The number of imide groups is 2. The zero-order chi connectivity index (χ0) is 46.2. The zero-order valence-corrected chi connectivity index (χ0v) is 38.4. The molecule has 8 rings (SSSR count). The maximum absolute atomic E-state index is 13.3. The van der Waals surface area contributed by atoms with Gasteiger partial charge in [0.25, 0.3) is 11.8 Å². The summed E-state index contributed by atoms with van der Waals surface area (Å²) in [5.74, 6) is -0.698. The lowest BCUT2D eigenvalue weighted by atomic mass is 10.0. The molecule has 0 aliphatic carbocycles. The summed E-state index contributed by atoms with van der Waals surface area (Å²) in [6.45, 7) is 2.35. The Morgan fingerprint density at radius 2 is 1.61 bits per heavy atom. The van der Waals surface area contributed by atoms with Crippen molar-refractivity contribution in [2.24, 2.45) is 0 Å². The lowest BCUT2D eigenvalue weighted by Gasteiger charge is -2.38. The number of fused-ring (bicyclic) bond motifs is 2. The van der Waals surface area contributed by atoms with Crippen LogP contribution in [-0.2, 0) is 14.4 Å². The van der Waals surface area contributed by atoms with Gasteiger partial charge < -0.3 is 30.2 Å². The number of nitrogens with one attached hydrogen (secondary N) is 4. The Kier molecular flexibility index (Phi) is 14.8. The van der Waals surface area contributed by atoms with Crippen LogP contribution in [0.5, 0.6) is 5.75 Å². The Labute approximate surface area is 390 Å². The Balaban J connectivity index is 0.691. The van der Waals surface area contributed by atoms with Crippen molar-refractivity contribution in [3.63, 3.8) is 0 Å². The number of carbonyl (C=O) groups excluding carboxylic acids is 5. The summed E-state index contributed by atoms with van der Waals surface area (Å²) >= 11 is 6.57. The summed E-state index contributed by atoms with van der Waals surface area (Å²) in [6.07, 6.45) is 15.7. The van der Waals surface area contributed by atoms with Gasteiger partial charge in [-0.3, -0.25) is 34.2 Å². The molecule has 346 valence electrons. The van der Waals surface area contributed by atoms with Gasteiger partial charge in [0, 0.05) is 85.7 Å². The molecule has 5 aromatic rings. The second-order valence-corrected chi connectivity index (χ2v) is 17.8. The molecule has 0 bridgehead atoms. The van der Waals surface area contributed by atoms with E-state index < -0.39 is 29.7 Å². The van der Waals surface area contributed by atoms with Gasteiger partial charge in [0.2, 0.25) is 23.7 Å². The molecule has 2 saturated heterocycles. The molecule has 0 radical (unpaired) electrons. The van der Waals surface area contributed by atoms with E-state index in [1.165, 1.54) is 0 Å². The van der Waals surface area contributed by atoms with E-state index in [9.17, 15) is 24.0 Å². The van der Waals surface area contributed by atoms with Gasteiger partial charge in [-0.05, 0) is 62.4 Å². The van der Waals surface area contributed by atoms with Gasteiger partial charge in [-0.2, -0.15) is 0 Å². The molecule has 0 saturated carbocycles. The highest BCUT2D eigenvalue weighted by Gasteiger charge is 2.45. The Morgan fingerprint density at radius 3 is 2.36 bits per heavy atom. The van der Waals surface area contributed by atoms with Crippen LogP contribution in [0, 0.1) is 0 Å². The number of hydrogen-bond donors (Lipinski definition) is 4. The molecule has 15 nitrogen and oxygen atoms in total. The first kappa shape index (κ1) is 46.1. The van der Waals surface area contributed by atoms with Gasteiger partial charge in [0.1, 0.15) is 11.8 Å². The van der Waals surface area contributed by atoms with Crippen molar-refractivity contribution < 1.29 is 28.7 Å². The van der Waals surface area contributed by atoms with Crippen LogP contribution in [0.25, 0.3) is 22.2 Å². The molecule has 0 spiro atoms. The number of halogens is 1. The van der Waals surface area contributed by atoms with Gasteiger partial charge >= 0.3 is 0 Å². The number of nitrogens with zero attached hydrogens (tertiary/aromatic N) is 5. The predicted octanol–water partition coefficient (Wildman–Crippen LogP) is 8.87. The number of aromatic nitrogens is 3. The molecule has 3 aliphatic rings. The van der Waals surface area contributed by atoms with Crippen molar-refractivity contribution in [2.75, 3.05) is 49.3 Å². The zero-order valence-electron chi connectivity index (χ0n) is 37.7. The summed E-state index contributed by atoms with van der Waals surface area (Å²) in [4.78, 5) is 81.4. The minimum atomic E-state index is -0.979. The van der Waals surface area contributed by atoms with Gasteiger partial charge in [-0.1, -0.05) is 80.8 Å². The highest BCUT2D eigenvalue weighted by atomic mass is 35.5. The fraction of sp³-hybridized carbons (Fsp3) is 0.420. The van der Waals surface area contributed by atoms with E-state index in [1.54, 1.807) is 31.5 Å². The minimum Gasteiger partial charge on any atom is -0.494 e. The molecular weight excluding hydrogens is 858 g/mol. The number of methoxy groups -OCH3 is 1. The second-order valence-electron chi connectivity index (χ2n) is 17.4. The molecule has 2 fully saturated rings. The van der Waals surface area contributed by atoms with Crippen LogP contribution in [0.1, 0.15) is 111 Å². The fourth-order valence-electron chi connectivity index (χ4n) is 9.40. The number of benzene rings is 3. The standard InChI is InChI=1S/C50H58ClN9O6/c1-58(32-24-27-59(28-25-32)33-20-21-39(42(29-33)66-2)55-50-54-31-37(51)46(57-50)36-30-53-38-17-12-11-15-34(36)38)44(62)19-10-8-6-4-3-5-7-9-13-26-52-40-18-14-16-35-45(40)49(65)60(48(35)64)41-22-23-43(61)56-47(41)63/h11-12,14-18,20-21,29-32,41,52-53H,3-10,13,19,22-28H2,1-2H3,(H,54,55,57)(H,56,61,63). The van der Waals surface area contributed by atoms with E-state index in [0.29, 0.717) is 46.6 Å². The normalized spacial score (nSPS) is 16.4. The number of H-pyrrole nitrogens is 1.